The van der Waals surface area contributed by atoms with Crippen LogP contribution in [0.3, 0.4) is 0 Å². The number of rotatable bonds is 8. The molecule has 1 aromatic rings. The topological polar surface area (TPSA) is 83.5 Å². The van der Waals surface area contributed by atoms with Gasteiger partial charge in [0.05, 0.1) is 0 Å². The molecule has 0 aromatic heterocycles. The van der Waals surface area contributed by atoms with Gasteiger partial charge in [0.2, 0.25) is 5.91 Å². The smallest absolute Gasteiger partial charge is 0.326 e. The van der Waals surface area contributed by atoms with Gasteiger partial charge in [-0.05, 0) is 30.2 Å². The Bertz CT molecular complexity index is 542. The highest BCUT2D eigenvalue weighted by Crippen LogP contribution is 2.12. The Morgan fingerprint density at radius 2 is 1.77 bits per heavy atom. The fourth-order valence-corrected chi connectivity index (χ4v) is 2.06. The van der Waals surface area contributed by atoms with Gasteiger partial charge in [-0.15, -0.1) is 0 Å². The number of carbonyl (C=O) groups is 3. The second-order valence-corrected chi connectivity index (χ2v) is 5.64. The van der Waals surface area contributed by atoms with Crippen molar-refractivity contribution >= 4 is 29.3 Å². The van der Waals surface area contributed by atoms with E-state index >= 15 is 0 Å². The predicted octanol–water partition coefficient (Wildman–Crippen LogP) is 2.92. The molecule has 0 fully saturated rings. The van der Waals surface area contributed by atoms with E-state index in [-0.39, 0.29) is 24.5 Å². The third-order valence-corrected chi connectivity index (χ3v) is 3.79. The summed E-state index contributed by atoms with van der Waals surface area (Å²) in [6, 6.07) is 5.49. The number of Topliss-reactive ketones (excluding diaryl/α,β-unsaturated/α-hetero) is 1. The molecule has 5 nitrogen and oxygen atoms in total. The van der Waals surface area contributed by atoms with Gasteiger partial charge in [-0.3, -0.25) is 9.59 Å². The number of halogens is 1. The lowest BCUT2D eigenvalue weighted by atomic mass is 9.99. The number of nitrogens with one attached hydrogen (secondary N) is 1. The van der Waals surface area contributed by atoms with Crippen molar-refractivity contribution < 1.29 is 19.5 Å². The Hall–Kier alpha value is -1.88. The van der Waals surface area contributed by atoms with Gasteiger partial charge < -0.3 is 10.4 Å². The molecule has 6 heteroatoms. The number of benzene rings is 1. The molecule has 1 rings (SSSR count). The Kier molecular flexibility index (Phi) is 7.05. The summed E-state index contributed by atoms with van der Waals surface area (Å²) in [5.74, 6) is -1.85. The monoisotopic (exact) mass is 325 g/mol. The second kappa shape index (κ2) is 8.54. The molecule has 120 valence electrons. The molecule has 22 heavy (non-hydrogen) atoms. The molecule has 0 spiro atoms. The third kappa shape index (κ3) is 5.48. The highest BCUT2D eigenvalue weighted by molar-refractivity contribution is 6.30. The quantitative estimate of drug-likeness (QED) is 0.720. The third-order valence-electron chi connectivity index (χ3n) is 3.54. The molecule has 0 bridgehead atoms. The van der Waals surface area contributed by atoms with Gasteiger partial charge in [-0.2, -0.15) is 0 Å². The van der Waals surface area contributed by atoms with E-state index in [4.69, 9.17) is 16.7 Å². The Labute approximate surface area is 134 Å². The van der Waals surface area contributed by atoms with Crippen molar-refractivity contribution in [3.05, 3.63) is 34.9 Å². The van der Waals surface area contributed by atoms with E-state index in [1.54, 1.807) is 31.2 Å². The van der Waals surface area contributed by atoms with Gasteiger partial charge in [0.25, 0.3) is 0 Å². The van der Waals surface area contributed by atoms with Crippen LogP contribution < -0.4 is 5.32 Å². The maximum Gasteiger partial charge on any atom is 0.326 e. The largest absolute Gasteiger partial charge is 0.480 e. The maximum atomic E-state index is 11.9. The number of carboxylic acids is 1. The molecule has 0 saturated heterocycles. The predicted molar refractivity (Wildman–Crippen MR) is 84.0 cm³/mol. The average molecular weight is 326 g/mol. The highest BCUT2D eigenvalue weighted by atomic mass is 35.5. The van der Waals surface area contributed by atoms with E-state index < -0.39 is 17.9 Å². The zero-order chi connectivity index (χ0) is 16.7. The molecule has 0 aliphatic carbocycles. The fraction of sp³-hybridized carbons (Fsp3) is 0.438. The zero-order valence-corrected chi connectivity index (χ0v) is 13.4. The minimum atomic E-state index is -1.06. The van der Waals surface area contributed by atoms with Crippen LogP contribution in [0, 0.1) is 5.92 Å². The lowest BCUT2D eigenvalue weighted by molar-refractivity contribution is -0.143. The first-order valence-electron chi connectivity index (χ1n) is 7.16. The van der Waals surface area contributed by atoms with E-state index in [1.165, 1.54) is 0 Å². The van der Waals surface area contributed by atoms with E-state index in [0.717, 1.165) is 0 Å². The fourth-order valence-electron chi connectivity index (χ4n) is 1.94. The first kappa shape index (κ1) is 18.2. The number of carbonyl (C=O) groups excluding carboxylic acids is 2. The first-order chi connectivity index (χ1) is 10.3. The van der Waals surface area contributed by atoms with Crippen molar-refractivity contribution in [1.82, 2.24) is 5.32 Å². The zero-order valence-electron chi connectivity index (χ0n) is 12.6. The first-order valence-corrected chi connectivity index (χ1v) is 7.53. The number of carboxylic acid groups (broad SMARTS) is 1. The second-order valence-electron chi connectivity index (χ2n) is 5.20. The van der Waals surface area contributed by atoms with Crippen LogP contribution in [0.1, 0.15) is 43.5 Å². The van der Waals surface area contributed by atoms with Crippen molar-refractivity contribution in [2.45, 2.75) is 39.2 Å². The number of hydrogen-bond donors (Lipinski definition) is 2. The van der Waals surface area contributed by atoms with Crippen molar-refractivity contribution in [3.8, 4) is 0 Å². The Morgan fingerprint density at radius 3 is 2.27 bits per heavy atom. The van der Waals surface area contributed by atoms with Crippen molar-refractivity contribution in [2.75, 3.05) is 0 Å². The average Bonchev–Trinajstić information content (AvgIpc) is 2.49. The number of aliphatic carboxylic acids is 1. The van der Waals surface area contributed by atoms with Crippen molar-refractivity contribution in [2.24, 2.45) is 5.92 Å². The molecule has 0 aliphatic heterocycles. The highest BCUT2D eigenvalue weighted by Gasteiger charge is 2.25. The number of ketones is 1. The van der Waals surface area contributed by atoms with Gasteiger partial charge in [0.1, 0.15) is 6.04 Å². The standard InChI is InChI=1S/C16H20ClNO4/c1-3-10(2)15(16(21)22)18-14(20)9-8-13(19)11-4-6-12(17)7-5-11/h4-7,10,15H,3,8-9H2,1-2H3,(H,18,20)(H,21,22). The van der Waals surface area contributed by atoms with Crippen molar-refractivity contribution in [3.63, 3.8) is 0 Å². The molecule has 0 heterocycles. The van der Waals surface area contributed by atoms with Crippen LogP contribution >= 0.6 is 11.6 Å². The molecule has 1 amide bonds. The SMILES string of the molecule is CCC(C)C(NC(=O)CCC(=O)c1ccc(Cl)cc1)C(=O)O. The summed E-state index contributed by atoms with van der Waals surface area (Å²) in [5, 5.41) is 12.1. The van der Waals surface area contributed by atoms with Gasteiger partial charge >= 0.3 is 5.97 Å². The summed E-state index contributed by atoms with van der Waals surface area (Å²) in [5.41, 5.74) is 0.480. The van der Waals surface area contributed by atoms with Crippen LogP contribution in [0.4, 0.5) is 0 Å². The van der Waals surface area contributed by atoms with E-state index in [0.29, 0.717) is 17.0 Å². The Morgan fingerprint density at radius 1 is 1.18 bits per heavy atom. The maximum absolute atomic E-state index is 11.9. The normalized spacial score (nSPS) is 13.2. The summed E-state index contributed by atoms with van der Waals surface area (Å²) in [4.78, 5) is 34.9. The van der Waals surface area contributed by atoms with Gasteiger partial charge in [0.15, 0.2) is 5.78 Å². The minimum Gasteiger partial charge on any atom is -0.480 e. The lowest BCUT2D eigenvalue weighted by Crippen LogP contribution is -2.45. The minimum absolute atomic E-state index is 0.0281. The summed E-state index contributed by atoms with van der Waals surface area (Å²) in [6.45, 7) is 3.62. The van der Waals surface area contributed by atoms with Crippen LogP contribution in [0.2, 0.25) is 5.02 Å². The number of hydrogen-bond acceptors (Lipinski definition) is 3. The summed E-state index contributed by atoms with van der Waals surface area (Å²) >= 11 is 5.74. The summed E-state index contributed by atoms with van der Waals surface area (Å²) in [6.07, 6.45) is 0.628. The van der Waals surface area contributed by atoms with Crippen LogP contribution in [0.15, 0.2) is 24.3 Å². The van der Waals surface area contributed by atoms with Crippen molar-refractivity contribution in [1.29, 1.82) is 0 Å². The molecule has 2 atom stereocenters. The molecule has 1 aromatic carbocycles. The number of amides is 1. The Balaban J connectivity index is 2.53. The molecule has 0 aliphatic rings. The van der Waals surface area contributed by atoms with E-state index in [2.05, 4.69) is 5.32 Å². The molecule has 2 N–H and O–H groups in total. The van der Waals surface area contributed by atoms with Gasteiger partial charge in [-0.1, -0.05) is 31.9 Å². The molecule has 0 radical (unpaired) electrons. The van der Waals surface area contributed by atoms with E-state index in [9.17, 15) is 14.4 Å². The van der Waals surface area contributed by atoms with E-state index in [1.807, 2.05) is 6.92 Å². The van der Waals surface area contributed by atoms with Crippen LogP contribution in [-0.2, 0) is 9.59 Å². The molecule has 0 saturated carbocycles. The lowest BCUT2D eigenvalue weighted by Gasteiger charge is -2.20. The molecule has 2 unspecified atom stereocenters. The summed E-state index contributed by atoms with van der Waals surface area (Å²) < 4.78 is 0. The molecular formula is C16H20ClNO4. The van der Waals surface area contributed by atoms with Crippen LogP contribution in [0.25, 0.3) is 0 Å². The van der Waals surface area contributed by atoms with Crippen LogP contribution in [-0.4, -0.2) is 28.8 Å². The van der Waals surface area contributed by atoms with Gasteiger partial charge in [0, 0.05) is 23.4 Å². The van der Waals surface area contributed by atoms with Crippen LogP contribution in [0.5, 0.6) is 0 Å². The summed E-state index contributed by atoms with van der Waals surface area (Å²) in [7, 11) is 0. The molecular weight excluding hydrogens is 306 g/mol. The van der Waals surface area contributed by atoms with Gasteiger partial charge in [-0.25, -0.2) is 4.79 Å².